The van der Waals surface area contributed by atoms with E-state index in [-0.39, 0.29) is 12.6 Å². The van der Waals surface area contributed by atoms with Gasteiger partial charge < -0.3 is 10.4 Å². The molecular weight excluding hydrogens is 128 g/mol. The van der Waals surface area contributed by atoms with Gasteiger partial charge in [-0.15, -0.1) is 0 Å². The summed E-state index contributed by atoms with van der Waals surface area (Å²) in [4.78, 5) is 0. The van der Waals surface area contributed by atoms with E-state index in [1.54, 1.807) is 0 Å². The lowest BCUT2D eigenvalue weighted by molar-refractivity contribution is 0.252. The summed E-state index contributed by atoms with van der Waals surface area (Å²) < 4.78 is 0. The number of nitriles is 1. The topological polar surface area (TPSA) is 56.0 Å². The molecule has 0 aliphatic rings. The molecule has 0 spiro atoms. The summed E-state index contributed by atoms with van der Waals surface area (Å²) in [5.41, 5.74) is 0. The van der Waals surface area contributed by atoms with E-state index in [1.165, 1.54) is 0 Å². The molecule has 3 heteroatoms. The number of unbranched alkanes of at least 4 members (excludes halogenated alkanes) is 1. The minimum Gasteiger partial charge on any atom is -0.395 e. The third kappa shape index (κ3) is 5.54. The van der Waals surface area contributed by atoms with Crippen molar-refractivity contribution >= 4 is 0 Å². The fraction of sp³-hybridized carbons (Fsp3) is 0.857. The molecular formula is C7H14N2O. The predicted molar refractivity (Wildman–Crippen MR) is 39.4 cm³/mol. The van der Waals surface area contributed by atoms with E-state index < -0.39 is 0 Å². The van der Waals surface area contributed by atoms with Crippen LogP contribution in [0.15, 0.2) is 0 Å². The van der Waals surface area contributed by atoms with Crippen LogP contribution in [0.1, 0.15) is 19.8 Å². The highest BCUT2D eigenvalue weighted by Gasteiger charge is 1.95. The molecule has 0 heterocycles. The van der Waals surface area contributed by atoms with Crippen LogP contribution in [-0.4, -0.2) is 24.3 Å². The van der Waals surface area contributed by atoms with E-state index in [2.05, 4.69) is 11.4 Å². The lowest BCUT2D eigenvalue weighted by atomic mass is 10.3. The first kappa shape index (κ1) is 9.41. The van der Waals surface area contributed by atoms with Crippen LogP contribution in [-0.2, 0) is 0 Å². The number of hydrogen-bond acceptors (Lipinski definition) is 3. The Kier molecular flexibility index (Phi) is 6.14. The molecule has 1 unspecified atom stereocenters. The minimum absolute atomic E-state index is 0.152. The maximum Gasteiger partial charge on any atom is 0.0622 e. The Morgan fingerprint density at radius 2 is 2.40 bits per heavy atom. The van der Waals surface area contributed by atoms with Crippen molar-refractivity contribution in [2.45, 2.75) is 25.8 Å². The average Bonchev–Trinajstić information content (AvgIpc) is 1.98. The molecule has 3 nitrogen and oxygen atoms in total. The van der Waals surface area contributed by atoms with E-state index in [1.807, 2.05) is 6.92 Å². The molecule has 1 atom stereocenters. The van der Waals surface area contributed by atoms with Crippen molar-refractivity contribution in [2.24, 2.45) is 0 Å². The smallest absolute Gasteiger partial charge is 0.0622 e. The summed E-state index contributed by atoms with van der Waals surface area (Å²) in [5.74, 6) is 0. The van der Waals surface area contributed by atoms with Gasteiger partial charge in [0, 0.05) is 12.5 Å². The maximum absolute atomic E-state index is 8.56. The second-order valence-electron chi connectivity index (χ2n) is 2.30. The Morgan fingerprint density at radius 3 is 2.90 bits per heavy atom. The number of rotatable bonds is 5. The molecule has 0 amide bonds. The average molecular weight is 142 g/mol. The molecule has 0 radical (unpaired) electrons. The van der Waals surface area contributed by atoms with E-state index >= 15 is 0 Å². The van der Waals surface area contributed by atoms with Crippen molar-refractivity contribution < 1.29 is 5.11 Å². The fourth-order valence-corrected chi connectivity index (χ4v) is 0.580. The zero-order chi connectivity index (χ0) is 7.82. The lowest BCUT2D eigenvalue weighted by Gasteiger charge is -2.08. The first-order chi connectivity index (χ1) is 4.81. The van der Waals surface area contributed by atoms with Gasteiger partial charge in [0.1, 0.15) is 0 Å². The van der Waals surface area contributed by atoms with Crippen molar-refractivity contribution in [3.05, 3.63) is 0 Å². The highest BCUT2D eigenvalue weighted by atomic mass is 16.3. The van der Waals surface area contributed by atoms with Gasteiger partial charge in [-0.25, -0.2) is 0 Å². The van der Waals surface area contributed by atoms with E-state index in [0.717, 1.165) is 13.0 Å². The van der Waals surface area contributed by atoms with Crippen molar-refractivity contribution in [2.75, 3.05) is 13.2 Å². The van der Waals surface area contributed by atoms with Gasteiger partial charge in [-0.1, -0.05) is 0 Å². The Morgan fingerprint density at radius 1 is 1.70 bits per heavy atom. The van der Waals surface area contributed by atoms with Crippen LogP contribution in [0.4, 0.5) is 0 Å². The molecule has 10 heavy (non-hydrogen) atoms. The van der Waals surface area contributed by atoms with Crippen molar-refractivity contribution in [3.8, 4) is 6.07 Å². The van der Waals surface area contributed by atoms with Crippen LogP contribution in [0.3, 0.4) is 0 Å². The quantitative estimate of drug-likeness (QED) is 0.541. The van der Waals surface area contributed by atoms with Crippen LogP contribution in [0.2, 0.25) is 0 Å². The predicted octanol–water partition coefficient (Wildman–Crippen LogP) is 0.261. The summed E-state index contributed by atoms with van der Waals surface area (Å²) in [6.07, 6.45) is 1.45. The molecule has 0 aromatic heterocycles. The van der Waals surface area contributed by atoms with Crippen molar-refractivity contribution in [3.63, 3.8) is 0 Å². The number of hydrogen-bond donors (Lipinski definition) is 2. The molecule has 0 bridgehead atoms. The number of nitrogens with one attached hydrogen (secondary N) is 1. The normalized spacial score (nSPS) is 12.5. The summed E-state index contributed by atoms with van der Waals surface area (Å²) in [6.45, 7) is 2.88. The van der Waals surface area contributed by atoms with Gasteiger partial charge >= 0.3 is 0 Å². The van der Waals surface area contributed by atoms with Crippen LogP contribution in [0, 0.1) is 11.3 Å². The molecule has 58 valence electrons. The summed E-state index contributed by atoms with van der Waals surface area (Å²) in [5, 5.41) is 19.8. The first-order valence-corrected chi connectivity index (χ1v) is 3.52. The Bertz CT molecular complexity index is 109. The highest BCUT2D eigenvalue weighted by molar-refractivity contribution is 4.69. The zero-order valence-electron chi connectivity index (χ0n) is 6.30. The molecule has 0 saturated carbocycles. The van der Waals surface area contributed by atoms with E-state index in [0.29, 0.717) is 6.42 Å². The molecule has 0 aromatic rings. The second-order valence-corrected chi connectivity index (χ2v) is 2.30. The molecule has 0 saturated heterocycles. The van der Waals surface area contributed by atoms with Gasteiger partial charge in [-0.05, 0) is 19.9 Å². The summed E-state index contributed by atoms with van der Waals surface area (Å²) in [7, 11) is 0. The van der Waals surface area contributed by atoms with Crippen LogP contribution in [0.25, 0.3) is 0 Å². The van der Waals surface area contributed by atoms with Crippen molar-refractivity contribution in [1.29, 1.82) is 5.26 Å². The third-order valence-corrected chi connectivity index (χ3v) is 1.23. The first-order valence-electron chi connectivity index (χ1n) is 3.52. The van der Waals surface area contributed by atoms with Gasteiger partial charge in [-0.2, -0.15) is 5.26 Å². The molecule has 0 aliphatic heterocycles. The largest absolute Gasteiger partial charge is 0.395 e. The van der Waals surface area contributed by atoms with Crippen LogP contribution < -0.4 is 5.32 Å². The minimum atomic E-state index is 0.152. The molecule has 0 fully saturated rings. The zero-order valence-corrected chi connectivity index (χ0v) is 6.30. The summed E-state index contributed by atoms with van der Waals surface area (Å²) in [6, 6.07) is 2.21. The second kappa shape index (κ2) is 6.53. The number of aliphatic hydroxyl groups is 1. The monoisotopic (exact) mass is 142 g/mol. The fourth-order valence-electron chi connectivity index (χ4n) is 0.580. The van der Waals surface area contributed by atoms with Gasteiger partial charge in [0.05, 0.1) is 12.7 Å². The van der Waals surface area contributed by atoms with Crippen LogP contribution >= 0.6 is 0 Å². The molecule has 0 rings (SSSR count). The Balaban J connectivity index is 2.98. The Hall–Kier alpha value is -0.590. The molecule has 0 aliphatic carbocycles. The van der Waals surface area contributed by atoms with Crippen molar-refractivity contribution in [1.82, 2.24) is 5.32 Å². The number of nitrogens with zero attached hydrogens (tertiary/aromatic N) is 1. The Labute approximate surface area is 61.7 Å². The van der Waals surface area contributed by atoms with E-state index in [4.69, 9.17) is 10.4 Å². The third-order valence-electron chi connectivity index (χ3n) is 1.23. The number of aliphatic hydroxyl groups excluding tert-OH is 1. The van der Waals surface area contributed by atoms with Gasteiger partial charge in [0.25, 0.3) is 0 Å². The van der Waals surface area contributed by atoms with Crippen LogP contribution in [0.5, 0.6) is 0 Å². The van der Waals surface area contributed by atoms with E-state index in [9.17, 15) is 0 Å². The van der Waals surface area contributed by atoms with Gasteiger partial charge in [0.2, 0.25) is 0 Å². The molecule has 0 aromatic carbocycles. The van der Waals surface area contributed by atoms with Gasteiger partial charge in [0.15, 0.2) is 0 Å². The van der Waals surface area contributed by atoms with Gasteiger partial charge in [-0.3, -0.25) is 0 Å². The standard InChI is InChI=1S/C7H14N2O/c1-7(6-10)9-5-3-2-4-8/h7,9-10H,2-3,5-6H2,1H3. The lowest BCUT2D eigenvalue weighted by Crippen LogP contribution is -2.29. The highest BCUT2D eigenvalue weighted by Crippen LogP contribution is 1.84. The summed E-state index contributed by atoms with van der Waals surface area (Å²) >= 11 is 0. The molecule has 2 N–H and O–H groups in total. The SMILES string of the molecule is CC(CO)NCCCC#N. The maximum atomic E-state index is 8.56.